The zero-order chi connectivity index (χ0) is 32.2. The van der Waals surface area contributed by atoms with E-state index in [-0.39, 0.29) is 67.8 Å². The summed E-state index contributed by atoms with van der Waals surface area (Å²) in [7, 11) is 0. The molecular formula is C32H37ClN6O6. The van der Waals surface area contributed by atoms with Crippen molar-refractivity contribution in [3.63, 3.8) is 0 Å². The maximum atomic E-state index is 13.4. The SMILES string of the molecule is CC(C)[C@@H]1COc2ccc(Cl)cc2C(=O)NCCOc2ccccc2C(=O)N[C@H](C(=O)NCCc2cnccn2)CCC(=O)N1. The normalized spacial score (nSPS) is 18.3. The van der Waals surface area contributed by atoms with E-state index in [0.29, 0.717) is 22.9 Å². The molecule has 12 nitrogen and oxygen atoms in total. The molecule has 0 saturated heterocycles. The van der Waals surface area contributed by atoms with Gasteiger partial charge in [-0.1, -0.05) is 37.6 Å². The number of hydrogen-bond acceptors (Lipinski definition) is 8. The quantitative estimate of drug-likeness (QED) is 0.333. The van der Waals surface area contributed by atoms with Gasteiger partial charge in [-0.2, -0.15) is 0 Å². The van der Waals surface area contributed by atoms with E-state index in [0.717, 1.165) is 0 Å². The standard InChI is InChI=1S/C32H37ClN6O6/c1-20(2)26-19-45-28-9-7-21(33)17-24(28)30(41)37-15-16-44-27-6-4-3-5-23(27)31(42)39-25(8-10-29(40)38-26)32(43)36-12-11-22-18-34-13-14-35-22/h3-7,9,13-14,17-18,20,25-26H,8,10-12,15-16,19H2,1-2H3,(H,36,43)(H,37,41)(H,38,40)(H,39,42)/t25-,26-/m0/s1. The molecule has 0 unspecified atom stereocenters. The Labute approximate surface area is 266 Å². The molecule has 3 aromatic rings. The third-order valence-electron chi connectivity index (χ3n) is 7.11. The Morgan fingerprint density at radius 2 is 1.82 bits per heavy atom. The van der Waals surface area contributed by atoms with E-state index in [4.69, 9.17) is 21.1 Å². The van der Waals surface area contributed by atoms with Gasteiger partial charge in [0.1, 0.15) is 30.8 Å². The average molecular weight is 637 g/mol. The lowest BCUT2D eigenvalue weighted by Gasteiger charge is -2.24. The maximum absolute atomic E-state index is 13.4. The van der Waals surface area contributed by atoms with Crippen LogP contribution in [0.5, 0.6) is 11.5 Å². The molecule has 13 heteroatoms. The summed E-state index contributed by atoms with van der Waals surface area (Å²) < 4.78 is 11.8. The van der Waals surface area contributed by atoms with Crippen LogP contribution in [-0.4, -0.2) is 72.0 Å². The number of carbonyl (C=O) groups is 4. The first-order valence-corrected chi connectivity index (χ1v) is 15.1. The fourth-order valence-electron chi connectivity index (χ4n) is 4.54. The molecule has 0 bridgehead atoms. The summed E-state index contributed by atoms with van der Waals surface area (Å²) in [5, 5.41) is 11.7. The molecule has 2 atom stereocenters. The first-order valence-electron chi connectivity index (χ1n) is 14.8. The van der Waals surface area contributed by atoms with E-state index in [1.54, 1.807) is 55.0 Å². The fraction of sp³-hybridized carbons (Fsp3) is 0.375. The van der Waals surface area contributed by atoms with Gasteiger partial charge >= 0.3 is 0 Å². The van der Waals surface area contributed by atoms with Crippen LogP contribution in [0.2, 0.25) is 5.02 Å². The Morgan fingerprint density at radius 3 is 2.60 bits per heavy atom. The van der Waals surface area contributed by atoms with Gasteiger partial charge in [-0.05, 0) is 42.7 Å². The monoisotopic (exact) mass is 636 g/mol. The van der Waals surface area contributed by atoms with Gasteiger partial charge in [0.05, 0.1) is 29.4 Å². The second-order valence-corrected chi connectivity index (χ2v) is 11.2. The van der Waals surface area contributed by atoms with Crippen molar-refractivity contribution in [2.24, 2.45) is 5.92 Å². The first kappa shape index (κ1) is 33.2. The van der Waals surface area contributed by atoms with Crippen LogP contribution in [0.25, 0.3) is 0 Å². The number of aromatic nitrogens is 2. The van der Waals surface area contributed by atoms with Gasteiger partial charge in [0.25, 0.3) is 11.8 Å². The third kappa shape index (κ3) is 9.90. The summed E-state index contributed by atoms with van der Waals surface area (Å²) in [6.45, 7) is 4.41. The van der Waals surface area contributed by atoms with Crippen molar-refractivity contribution < 1.29 is 28.7 Å². The highest BCUT2D eigenvalue weighted by Crippen LogP contribution is 2.24. The van der Waals surface area contributed by atoms with E-state index < -0.39 is 29.8 Å². The van der Waals surface area contributed by atoms with Crippen LogP contribution >= 0.6 is 11.6 Å². The number of halogens is 1. The van der Waals surface area contributed by atoms with Crippen LogP contribution in [0.3, 0.4) is 0 Å². The van der Waals surface area contributed by atoms with Crippen molar-refractivity contribution >= 4 is 35.2 Å². The summed E-state index contributed by atoms with van der Waals surface area (Å²) in [5.41, 5.74) is 1.15. The topological polar surface area (TPSA) is 161 Å². The van der Waals surface area contributed by atoms with Gasteiger partial charge in [0.2, 0.25) is 11.8 Å². The second kappa shape index (κ2) is 16.4. The van der Waals surface area contributed by atoms with Gasteiger partial charge in [-0.25, -0.2) is 0 Å². The van der Waals surface area contributed by atoms with Crippen LogP contribution in [0.15, 0.2) is 61.1 Å². The molecule has 4 amide bonds. The number of fused-ring (bicyclic) bond motifs is 2. The van der Waals surface area contributed by atoms with Crippen LogP contribution in [-0.2, 0) is 16.0 Å². The van der Waals surface area contributed by atoms with Crippen molar-refractivity contribution in [1.29, 1.82) is 0 Å². The smallest absolute Gasteiger partial charge is 0.255 e. The van der Waals surface area contributed by atoms with Crippen LogP contribution in [0, 0.1) is 5.92 Å². The Balaban J connectivity index is 1.55. The van der Waals surface area contributed by atoms with Crippen LogP contribution in [0.4, 0.5) is 0 Å². The van der Waals surface area contributed by atoms with Crippen LogP contribution < -0.4 is 30.7 Å². The van der Waals surface area contributed by atoms with Gasteiger partial charge in [0.15, 0.2) is 0 Å². The molecule has 4 N–H and O–H groups in total. The number of nitrogens with zero attached hydrogens (tertiary/aromatic N) is 2. The number of benzene rings is 2. The van der Waals surface area contributed by atoms with E-state index >= 15 is 0 Å². The summed E-state index contributed by atoms with van der Waals surface area (Å²) in [4.78, 5) is 61.0. The maximum Gasteiger partial charge on any atom is 0.255 e. The average Bonchev–Trinajstić information content (AvgIpc) is 3.03. The molecule has 1 aliphatic rings. The van der Waals surface area contributed by atoms with E-state index in [2.05, 4.69) is 31.2 Å². The molecule has 4 rings (SSSR count). The number of nitrogens with one attached hydrogen (secondary N) is 4. The van der Waals surface area contributed by atoms with Gasteiger partial charge < -0.3 is 30.7 Å². The second-order valence-electron chi connectivity index (χ2n) is 10.8. The number of carbonyl (C=O) groups excluding carboxylic acids is 4. The molecule has 2 aromatic carbocycles. The number of para-hydroxylation sites is 1. The molecule has 0 aliphatic carbocycles. The minimum atomic E-state index is -1.01. The number of hydrogen-bond donors (Lipinski definition) is 4. The lowest BCUT2D eigenvalue weighted by Crippen LogP contribution is -2.48. The lowest BCUT2D eigenvalue weighted by molar-refractivity contribution is -0.124. The van der Waals surface area contributed by atoms with Crippen molar-refractivity contribution in [3.8, 4) is 11.5 Å². The van der Waals surface area contributed by atoms with Gasteiger partial charge in [-0.3, -0.25) is 29.1 Å². The first-order chi connectivity index (χ1) is 21.7. The minimum Gasteiger partial charge on any atom is -0.491 e. The number of rotatable bonds is 5. The Morgan fingerprint density at radius 1 is 1.02 bits per heavy atom. The Hall–Kier alpha value is -4.71. The predicted molar refractivity (Wildman–Crippen MR) is 167 cm³/mol. The molecule has 2 heterocycles. The minimum absolute atomic E-state index is 0.0128. The summed E-state index contributed by atoms with van der Waals surface area (Å²) in [6, 6.07) is 9.91. The highest BCUT2D eigenvalue weighted by atomic mass is 35.5. The number of amides is 4. The molecule has 0 fully saturated rings. The van der Waals surface area contributed by atoms with E-state index in [1.807, 2.05) is 13.8 Å². The van der Waals surface area contributed by atoms with Crippen molar-refractivity contribution in [1.82, 2.24) is 31.2 Å². The van der Waals surface area contributed by atoms with Gasteiger partial charge in [-0.15, -0.1) is 0 Å². The zero-order valence-corrected chi connectivity index (χ0v) is 25.9. The molecule has 238 valence electrons. The predicted octanol–water partition coefficient (Wildman–Crippen LogP) is 2.71. The Kier molecular flexibility index (Phi) is 12.1. The van der Waals surface area contributed by atoms with Crippen molar-refractivity contribution in [3.05, 3.63) is 82.9 Å². The fourth-order valence-corrected chi connectivity index (χ4v) is 4.71. The van der Waals surface area contributed by atoms with Crippen LogP contribution in [0.1, 0.15) is 53.1 Å². The molecule has 0 saturated carbocycles. The van der Waals surface area contributed by atoms with Gasteiger partial charge in [0, 0.05) is 43.0 Å². The largest absolute Gasteiger partial charge is 0.491 e. The summed E-state index contributed by atoms with van der Waals surface area (Å²) in [6.07, 6.45) is 5.19. The number of ether oxygens (including phenoxy) is 2. The molecule has 0 spiro atoms. The molecule has 0 radical (unpaired) electrons. The molecular weight excluding hydrogens is 600 g/mol. The molecule has 1 aliphatic heterocycles. The third-order valence-corrected chi connectivity index (χ3v) is 7.35. The summed E-state index contributed by atoms with van der Waals surface area (Å²) in [5.74, 6) is -1.15. The van der Waals surface area contributed by atoms with E-state index in [1.165, 1.54) is 6.07 Å². The molecule has 45 heavy (non-hydrogen) atoms. The van der Waals surface area contributed by atoms with Crippen molar-refractivity contribution in [2.75, 3.05) is 26.3 Å². The van der Waals surface area contributed by atoms with E-state index in [9.17, 15) is 19.2 Å². The highest BCUT2D eigenvalue weighted by molar-refractivity contribution is 6.31. The summed E-state index contributed by atoms with van der Waals surface area (Å²) >= 11 is 6.17. The molecule has 1 aromatic heterocycles. The Bertz CT molecular complexity index is 1490. The van der Waals surface area contributed by atoms with Crippen molar-refractivity contribution in [2.45, 2.75) is 45.2 Å². The lowest BCUT2D eigenvalue weighted by atomic mass is 10.0. The zero-order valence-electron chi connectivity index (χ0n) is 25.2. The highest BCUT2D eigenvalue weighted by Gasteiger charge is 2.26.